The van der Waals surface area contributed by atoms with Crippen LogP contribution in [-0.2, 0) is 19.1 Å². The highest BCUT2D eigenvalue weighted by atomic mass is 16.6. The lowest BCUT2D eigenvalue weighted by atomic mass is 10.1. The molecule has 0 aliphatic heterocycles. The van der Waals surface area contributed by atoms with E-state index >= 15 is 0 Å². The van der Waals surface area contributed by atoms with E-state index in [1.807, 2.05) is 0 Å². The predicted octanol–water partition coefficient (Wildman–Crippen LogP) is 8.39. The van der Waals surface area contributed by atoms with Crippen LogP contribution < -0.4 is 0 Å². The van der Waals surface area contributed by atoms with E-state index in [2.05, 4.69) is 38.2 Å². The number of hydrogen-bond donors (Lipinski definition) is 1. The highest BCUT2D eigenvalue weighted by Crippen LogP contribution is 2.11. The number of hydrogen-bond acceptors (Lipinski definition) is 5. The molecule has 5 nitrogen and oxygen atoms in total. The third kappa shape index (κ3) is 25.5. The summed E-state index contributed by atoms with van der Waals surface area (Å²) in [6, 6.07) is 0. The van der Waals surface area contributed by atoms with E-state index < -0.39 is 6.10 Å². The van der Waals surface area contributed by atoms with Gasteiger partial charge in [0.1, 0.15) is 6.61 Å². The molecule has 0 aromatic heterocycles. The molecule has 1 N–H and O–H groups in total. The Hall–Kier alpha value is -1.62. The molecule has 0 fully saturated rings. The summed E-state index contributed by atoms with van der Waals surface area (Å²) in [5.41, 5.74) is 0. The Morgan fingerprint density at radius 3 is 1.72 bits per heavy atom. The highest BCUT2D eigenvalue weighted by Gasteiger charge is 2.16. The number of unbranched alkanes of at least 4 members (excludes halogenated alkanes) is 14. The molecule has 0 rings (SSSR count). The molecule has 0 spiro atoms. The number of ether oxygens (including phenoxy) is 2. The summed E-state index contributed by atoms with van der Waals surface area (Å²) in [7, 11) is 0. The van der Waals surface area contributed by atoms with Crippen LogP contribution in [-0.4, -0.2) is 36.4 Å². The van der Waals surface area contributed by atoms with E-state index in [4.69, 9.17) is 9.47 Å². The largest absolute Gasteiger partial charge is 0.462 e. The molecule has 1 atom stereocenters. The predicted molar refractivity (Wildman–Crippen MR) is 150 cm³/mol. The maximum absolute atomic E-state index is 12.0. The Balaban J connectivity index is 3.64. The van der Waals surface area contributed by atoms with Crippen LogP contribution in [0.2, 0.25) is 0 Å². The number of aliphatic hydroxyl groups excluding tert-OH is 1. The average Bonchev–Trinajstić information content (AvgIpc) is 2.88. The summed E-state index contributed by atoms with van der Waals surface area (Å²) in [5, 5.41) is 9.44. The Morgan fingerprint density at radius 2 is 1.14 bits per heavy atom. The normalized spacial score (nSPS) is 12.4. The number of carbonyl (C=O) groups is 2. The minimum atomic E-state index is -0.770. The molecule has 0 amide bonds. The van der Waals surface area contributed by atoms with Crippen molar-refractivity contribution in [2.75, 3.05) is 13.2 Å². The van der Waals surface area contributed by atoms with Gasteiger partial charge in [0.25, 0.3) is 0 Å². The first-order valence-corrected chi connectivity index (χ1v) is 14.9. The molecule has 0 bridgehead atoms. The zero-order valence-corrected chi connectivity index (χ0v) is 23.5. The van der Waals surface area contributed by atoms with Gasteiger partial charge >= 0.3 is 11.9 Å². The van der Waals surface area contributed by atoms with Crippen molar-refractivity contribution in [3.8, 4) is 0 Å². The van der Waals surface area contributed by atoms with Crippen LogP contribution in [0.4, 0.5) is 0 Å². The topological polar surface area (TPSA) is 72.8 Å². The van der Waals surface area contributed by atoms with Crippen molar-refractivity contribution < 1.29 is 24.2 Å². The quantitative estimate of drug-likeness (QED) is 0.0721. The van der Waals surface area contributed by atoms with E-state index in [9.17, 15) is 14.7 Å². The molecule has 36 heavy (non-hydrogen) atoms. The molecule has 0 aromatic carbocycles. The Kier molecular flexibility index (Phi) is 26.7. The van der Waals surface area contributed by atoms with Gasteiger partial charge in [-0.2, -0.15) is 0 Å². The molecular weight excluding hydrogens is 452 g/mol. The fourth-order valence-corrected chi connectivity index (χ4v) is 3.92. The molecule has 0 aliphatic rings. The van der Waals surface area contributed by atoms with Crippen LogP contribution in [0.5, 0.6) is 0 Å². The summed E-state index contributed by atoms with van der Waals surface area (Å²) in [6.45, 7) is 4.03. The second-order valence-corrected chi connectivity index (χ2v) is 9.83. The van der Waals surface area contributed by atoms with Crippen molar-refractivity contribution in [1.29, 1.82) is 0 Å². The molecule has 210 valence electrons. The fraction of sp³-hybridized carbons (Fsp3) is 0.806. The SMILES string of the molecule is CCCC/C=C/C/C=C/CCCCCCCC(=O)O[C@@H](CO)COC(=O)CCCCCCCCCC. The Bertz CT molecular complexity index is 555. The van der Waals surface area contributed by atoms with Crippen molar-refractivity contribution in [1.82, 2.24) is 0 Å². The van der Waals surface area contributed by atoms with Crippen LogP contribution in [0.1, 0.15) is 142 Å². The standard InChI is InChI=1S/C31H56O5/c1-3-5-7-9-11-13-14-15-16-17-18-20-22-24-26-31(34)36-29(27-32)28-35-30(33)25-23-21-19-12-10-8-6-4-2/h9,11,14-15,29,32H,3-8,10,12-13,16-28H2,1-2H3/b11-9+,15-14+/t29-/m0/s1. The lowest BCUT2D eigenvalue weighted by molar-refractivity contribution is -0.161. The summed E-state index contributed by atoms with van der Waals surface area (Å²) < 4.78 is 10.5. The van der Waals surface area contributed by atoms with Crippen LogP contribution in [0.15, 0.2) is 24.3 Å². The van der Waals surface area contributed by atoms with E-state index in [-0.39, 0.29) is 25.2 Å². The summed E-state index contributed by atoms with van der Waals surface area (Å²) in [4.78, 5) is 23.9. The molecule has 0 saturated carbocycles. The Morgan fingerprint density at radius 1 is 0.639 bits per heavy atom. The van der Waals surface area contributed by atoms with Crippen LogP contribution in [0.3, 0.4) is 0 Å². The monoisotopic (exact) mass is 508 g/mol. The number of allylic oxidation sites excluding steroid dienone is 4. The smallest absolute Gasteiger partial charge is 0.306 e. The first-order chi connectivity index (χ1) is 17.6. The first-order valence-electron chi connectivity index (χ1n) is 14.9. The molecule has 0 heterocycles. The van der Waals surface area contributed by atoms with Gasteiger partial charge in [-0.3, -0.25) is 9.59 Å². The van der Waals surface area contributed by atoms with Gasteiger partial charge in [-0.05, 0) is 38.5 Å². The second-order valence-electron chi connectivity index (χ2n) is 9.83. The Labute approximate surface area is 222 Å². The summed E-state index contributed by atoms with van der Waals surface area (Å²) in [5.74, 6) is -0.614. The molecule has 0 saturated heterocycles. The maximum atomic E-state index is 12.0. The van der Waals surface area contributed by atoms with Gasteiger partial charge < -0.3 is 14.6 Å². The van der Waals surface area contributed by atoms with Gasteiger partial charge in [-0.25, -0.2) is 0 Å². The lowest BCUT2D eigenvalue weighted by Crippen LogP contribution is -2.28. The third-order valence-corrected chi connectivity index (χ3v) is 6.25. The van der Waals surface area contributed by atoms with E-state index in [0.717, 1.165) is 51.4 Å². The minimum absolute atomic E-state index is 0.0693. The number of aliphatic hydroxyl groups is 1. The number of esters is 2. The number of rotatable bonds is 26. The third-order valence-electron chi connectivity index (χ3n) is 6.25. The van der Waals surface area contributed by atoms with Gasteiger partial charge in [0.05, 0.1) is 6.61 Å². The molecule has 0 radical (unpaired) electrons. The highest BCUT2D eigenvalue weighted by molar-refractivity contribution is 5.70. The summed E-state index contributed by atoms with van der Waals surface area (Å²) in [6.07, 6.45) is 29.4. The van der Waals surface area contributed by atoms with Gasteiger partial charge in [0.15, 0.2) is 6.10 Å². The van der Waals surface area contributed by atoms with Gasteiger partial charge in [-0.15, -0.1) is 0 Å². The first kappa shape index (κ1) is 34.4. The van der Waals surface area contributed by atoms with Gasteiger partial charge in [-0.1, -0.05) is 115 Å². The van der Waals surface area contributed by atoms with Gasteiger partial charge in [0.2, 0.25) is 0 Å². The minimum Gasteiger partial charge on any atom is -0.462 e. The lowest BCUT2D eigenvalue weighted by Gasteiger charge is -2.15. The van der Waals surface area contributed by atoms with Crippen LogP contribution >= 0.6 is 0 Å². The zero-order chi connectivity index (χ0) is 26.5. The van der Waals surface area contributed by atoms with Crippen molar-refractivity contribution >= 4 is 11.9 Å². The maximum Gasteiger partial charge on any atom is 0.306 e. The average molecular weight is 509 g/mol. The van der Waals surface area contributed by atoms with Crippen LogP contribution in [0, 0.1) is 0 Å². The van der Waals surface area contributed by atoms with E-state index in [0.29, 0.717) is 12.8 Å². The molecular formula is C31H56O5. The van der Waals surface area contributed by atoms with Crippen molar-refractivity contribution in [2.24, 2.45) is 0 Å². The second kappa shape index (κ2) is 28.0. The van der Waals surface area contributed by atoms with E-state index in [1.165, 1.54) is 64.2 Å². The van der Waals surface area contributed by atoms with Gasteiger partial charge in [0, 0.05) is 12.8 Å². The fourth-order valence-electron chi connectivity index (χ4n) is 3.92. The molecule has 0 aromatic rings. The van der Waals surface area contributed by atoms with Crippen molar-refractivity contribution in [2.45, 2.75) is 148 Å². The van der Waals surface area contributed by atoms with E-state index in [1.54, 1.807) is 0 Å². The van der Waals surface area contributed by atoms with Crippen molar-refractivity contribution in [3.63, 3.8) is 0 Å². The molecule has 0 unspecified atom stereocenters. The number of carbonyl (C=O) groups excluding carboxylic acids is 2. The zero-order valence-electron chi connectivity index (χ0n) is 23.5. The molecule has 5 heteroatoms. The molecule has 0 aliphatic carbocycles. The summed E-state index contributed by atoms with van der Waals surface area (Å²) >= 11 is 0. The van der Waals surface area contributed by atoms with Crippen molar-refractivity contribution in [3.05, 3.63) is 24.3 Å². The van der Waals surface area contributed by atoms with Crippen LogP contribution in [0.25, 0.3) is 0 Å².